The maximum atomic E-state index is 12.4. The van der Waals surface area contributed by atoms with Crippen molar-refractivity contribution in [2.75, 3.05) is 32.6 Å². The molecule has 1 unspecified atom stereocenters. The summed E-state index contributed by atoms with van der Waals surface area (Å²) in [6, 6.07) is 13.9. The molecule has 0 radical (unpaired) electrons. The van der Waals surface area contributed by atoms with E-state index < -0.39 is 0 Å². The number of amides is 2. The molecule has 1 saturated heterocycles. The normalized spacial score (nSPS) is 16.0. The zero-order valence-electron chi connectivity index (χ0n) is 15.6. The molecule has 27 heavy (non-hydrogen) atoms. The number of hydrogen-bond acceptors (Lipinski definition) is 4. The van der Waals surface area contributed by atoms with Crippen LogP contribution in [0.4, 0.5) is 5.69 Å². The fourth-order valence-corrected chi connectivity index (χ4v) is 2.86. The third-order valence-corrected chi connectivity index (χ3v) is 4.35. The Morgan fingerprint density at radius 3 is 2.59 bits per heavy atom. The largest absolute Gasteiger partial charge is 0.491 e. The lowest BCUT2D eigenvalue weighted by Gasteiger charge is -2.12. The second-order valence-electron chi connectivity index (χ2n) is 6.70. The van der Waals surface area contributed by atoms with E-state index in [9.17, 15) is 9.59 Å². The quantitative estimate of drug-likeness (QED) is 0.850. The minimum absolute atomic E-state index is 0.112. The molecular formula is C21H24N2O4. The summed E-state index contributed by atoms with van der Waals surface area (Å²) in [5.74, 6) is 0.356. The molecule has 2 aromatic carbocycles. The van der Waals surface area contributed by atoms with Crippen molar-refractivity contribution in [1.29, 1.82) is 0 Å². The predicted molar refractivity (Wildman–Crippen MR) is 103 cm³/mol. The van der Waals surface area contributed by atoms with Crippen molar-refractivity contribution >= 4 is 17.5 Å². The van der Waals surface area contributed by atoms with Crippen molar-refractivity contribution in [3.05, 3.63) is 59.7 Å². The molecule has 1 N–H and O–H groups in total. The lowest BCUT2D eigenvalue weighted by atomic mass is 10.1. The van der Waals surface area contributed by atoms with Crippen molar-refractivity contribution in [3.8, 4) is 5.75 Å². The number of ether oxygens (including phenoxy) is 2. The summed E-state index contributed by atoms with van der Waals surface area (Å²) in [7, 11) is 3.38. The molecule has 6 heteroatoms. The minimum atomic E-state index is -0.241. The van der Waals surface area contributed by atoms with Crippen LogP contribution in [0.15, 0.2) is 48.5 Å². The molecule has 0 spiro atoms. The van der Waals surface area contributed by atoms with Crippen molar-refractivity contribution in [3.63, 3.8) is 0 Å². The molecule has 1 aliphatic heterocycles. The summed E-state index contributed by atoms with van der Waals surface area (Å²) < 4.78 is 11.2. The lowest BCUT2D eigenvalue weighted by Crippen LogP contribution is -2.22. The summed E-state index contributed by atoms with van der Waals surface area (Å²) in [6.07, 6.45) is 2.26. The highest BCUT2D eigenvalue weighted by molar-refractivity contribution is 6.05. The highest BCUT2D eigenvalue weighted by atomic mass is 16.5. The molecule has 142 valence electrons. The van der Waals surface area contributed by atoms with Crippen molar-refractivity contribution in [1.82, 2.24) is 4.90 Å². The lowest BCUT2D eigenvalue weighted by molar-refractivity contribution is 0.0679. The Bertz CT molecular complexity index is 796. The Morgan fingerprint density at radius 1 is 1.15 bits per heavy atom. The molecule has 2 aromatic rings. The number of anilines is 1. The first-order valence-electron chi connectivity index (χ1n) is 9.00. The molecule has 0 aromatic heterocycles. The molecule has 1 heterocycles. The number of carbonyl (C=O) groups is 2. The van der Waals surface area contributed by atoms with Crippen LogP contribution in [-0.2, 0) is 4.74 Å². The Morgan fingerprint density at radius 2 is 1.93 bits per heavy atom. The summed E-state index contributed by atoms with van der Waals surface area (Å²) >= 11 is 0. The van der Waals surface area contributed by atoms with E-state index in [-0.39, 0.29) is 17.9 Å². The Labute approximate surface area is 159 Å². The predicted octanol–water partition coefficient (Wildman–Crippen LogP) is 3.20. The number of nitrogens with one attached hydrogen (secondary N) is 1. The average molecular weight is 368 g/mol. The molecule has 0 aliphatic carbocycles. The second-order valence-corrected chi connectivity index (χ2v) is 6.70. The molecule has 1 atom stereocenters. The molecule has 2 amide bonds. The van der Waals surface area contributed by atoms with Gasteiger partial charge in [0, 0.05) is 37.5 Å². The van der Waals surface area contributed by atoms with Crippen LogP contribution in [0, 0.1) is 0 Å². The number of benzene rings is 2. The summed E-state index contributed by atoms with van der Waals surface area (Å²) in [6.45, 7) is 1.33. The molecule has 0 saturated carbocycles. The van der Waals surface area contributed by atoms with Gasteiger partial charge < -0.3 is 19.7 Å². The number of rotatable bonds is 6. The van der Waals surface area contributed by atoms with E-state index in [1.807, 2.05) is 0 Å². The fourth-order valence-electron chi connectivity index (χ4n) is 2.86. The first-order chi connectivity index (χ1) is 13.0. The van der Waals surface area contributed by atoms with Gasteiger partial charge in [-0.25, -0.2) is 0 Å². The van der Waals surface area contributed by atoms with E-state index >= 15 is 0 Å². The van der Waals surface area contributed by atoms with Gasteiger partial charge in [0.25, 0.3) is 11.8 Å². The fraction of sp³-hybridized carbons (Fsp3) is 0.333. The van der Waals surface area contributed by atoms with Crippen molar-refractivity contribution < 1.29 is 19.1 Å². The average Bonchev–Trinajstić information content (AvgIpc) is 3.20. The first-order valence-corrected chi connectivity index (χ1v) is 9.00. The highest BCUT2D eigenvalue weighted by Crippen LogP contribution is 2.18. The third-order valence-electron chi connectivity index (χ3n) is 4.35. The van der Waals surface area contributed by atoms with E-state index in [1.54, 1.807) is 62.6 Å². The van der Waals surface area contributed by atoms with Crippen LogP contribution in [0.3, 0.4) is 0 Å². The van der Waals surface area contributed by atoms with E-state index in [1.165, 1.54) is 4.90 Å². The molecule has 3 rings (SSSR count). The van der Waals surface area contributed by atoms with Gasteiger partial charge in [0.15, 0.2) is 0 Å². The maximum absolute atomic E-state index is 12.4. The summed E-state index contributed by atoms with van der Waals surface area (Å²) in [5.41, 5.74) is 1.62. The van der Waals surface area contributed by atoms with Gasteiger partial charge in [-0.1, -0.05) is 6.07 Å². The van der Waals surface area contributed by atoms with E-state index in [0.717, 1.165) is 19.4 Å². The second kappa shape index (κ2) is 8.68. The first kappa shape index (κ1) is 18.9. The Balaban J connectivity index is 1.59. The van der Waals surface area contributed by atoms with Crippen LogP contribution < -0.4 is 10.1 Å². The zero-order chi connectivity index (χ0) is 19.2. The molecule has 1 aliphatic rings. The number of hydrogen-bond donors (Lipinski definition) is 1. The SMILES string of the molecule is CN(C)C(=O)c1cccc(NC(=O)c2ccc(OCC3CCCO3)cc2)c1. The van der Waals surface area contributed by atoms with Gasteiger partial charge in [0.05, 0.1) is 6.10 Å². The summed E-state index contributed by atoms with van der Waals surface area (Å²) in [5, 5.41) is 2.82. The topological polar surface area (TPSA) is 67.9 Å². The standard InChI is InChI=1S/C21H24N2O4/c1-23(2)21(25)16-5-3-6-17(13-16)22-20(24)15-8-10-18(11-9-15)27-14-19-7-4-12-26-19/h3,5-6,8-11,13,19H,4,7,12,14H2,1-2H3,(H,22,24). The van der Waals surface area contributed by atoms with E-state index in [4.69, 9.17) is 9.47 Å². The van der Waals surface area contributed by atoms with Gasteiger partial charge in [-0.2, -0.15) is 0 Å². The molecular weight excluding hydrogens is 344 g/mol. The smallest absolute Gasteiger partial charge is 0.255 e. The monoisotopic (exact) mass is 368 g/mol. The summed E-state index contributed by atoms with van der Waals surface area (Å²) in [4.78, 5) is 26.0. The van der Waals surface area contributed by atoms with Crippen LogP contribution in [0.1, 0.15) is 33.6 Å². The van der Waals surface area contributed by atoms with Crippen molar-refractivity contribution in [2.24, 2.45) is 0 Å². The van der Waals surface area contributed by atoms with Gasteiger partial charge in [-0.3, -0.25) is 9.59 Å². The third kappa shape index (κ3) is 5.08. The number of carbonyl (C=O) groups excluding carboxylic acids is 2. The van der Waals surface area contributed by atoms with Crippen LogP contribution in [-0.4, -0.2) is 50.1 Å². The number of nitrogens with zero attached hydrogens (tertiary/aromatic N) is 1. The van der Waals surface area contributed by atoms with Gasteiger partial charge in [0.1, 0.15) is 12.4 Å². The molecule has 6 nitrogen and oxygen atoms in total. The van der Waals surface area contributed by atoms with Crippen LogP contribution >= 0.6 is 0 Å². The van der Waals surface area contributed by atoms with E-state index in [0.29, 0.717) is 29.2 Å². The van der Waals surface area contributed by atoms with E-state index in [2.05, 4.69) is 5.32 Å². The molecule has 0 bridgehead atoms. The van der Waals surface area contributed by atoms with Gasteiger partial charge in [0.2, 0.25) is 0 Å². The zero-order valence-corrected chi connectivity index (χ0v) is 15.6. The minimum Gasteiger partial charge on any atom is -0.491 e. The van der Waals surface area contributed by atoms with Crippen molar-refractivity contribution in [2.45, 2.75) is 18.9 Å². The Kier molecular flexibility index (Phi) is 6.08. The Hall–Kier alpha value is -2.86. The molecule has 1 fully saturated rings. The van der Waals surface area contributed by atoms with Crippen LogP contribution in [0.25, 0.3) is 0 Å². The maximum Gasteiger partial charge on any atom is 0.255 e. The van der Waals surface area contributed by atoms with Gasteiger partial charge in [-0.15, -0.1) is 0 Å². The highest BCUT2D eigenvalue weighted by Gasteiger charge is 2.16. The van der Waals surface area contributed by atoms with Gasteiger partial charge >= 0.3 is 0 Å². The van der Waals surface area contributed by atoms with Gasteiger partial charge in [-0.05, 0) is 55.3 Å². The van der Waals surface area contributed by atoms with Crippen LogP contribution in [0.5, 0.6) is 5.75 Å². The van der Waals surface area contributed by atoms with Crippen LogP contribution in [0.2, 0.25) is 0 Å².